The van der Waals surface area contributed by atoms with E-state index in [1.165, 1.54) is 23.9 Å². The van der Waals surface area contributed by atoms with Gasteiger partial charge in [-0.2, -0.15) is 13.2 Å². The van der Waals surface area contributed by atoms with Crippen molar-refractivity contribution in [3.8, 4) is 0 Å². The molecule has 2 rings (SSSR count). The van der Waals surface area contributed by atoms with Gasteiger partial charge in [-0.05, 0) is 31.4 Å². The van der Waals surface area contributed by atoms with E-state index in [4.69, 9.17) is 0 Å². The predicted molar refractivity (Wildman–Crippen MR) is 86.3 cm³/mol. The average Bonchev–Trinajstić information content (AvgIpc) is 2.74. The maximum absolute atomic E-state index is 13.1. The molecule has 23 heavy (non-hydrogen) atoms. The smallest absolute Gasteiger partial charge is 0.304 e. The second kappa shape index (κ2) is 6.19. The fraction of sp³-hybridized carbons (Fsp3) is 0.500. The van der Waals surface area contributed by atoms with Gasteiger partial charge in [-0.1, -0.05) is 43.8 Å². The number of halogens is 3. The Bertz CT molecular complexity index is 642. The molecule has 0 saturated carbocycles. The predicted octanol–water partition coefficient (Wildman–Crippen LogP) is 4.40. The second-order valence-corrected chi connectivity index (χ2v) is 7.45. The summed E-state index contributed by atoms with van der Waals surface area (Å²) < 4.78 is 38.6. The average molecular weight is 344 g/mol. The molecule has 0 aliphatic carbocycles. The van der Waals surface area contributed by atoms with Crippen LogP contribution in [0.25, 0.3) is 0 Å². The summed E-state index contributed by atoms with van der Waals surface area (Å²) in [4.78, 5) is 16.4. The number of aliphatic imine (C=N–C) groups is 1. The highest BCUT2D eigenvalue weighted by molar-refractivity contribution is 8.16. The van der Waals surface area contributed by atoms with Crippen LogP contribution in [0.15, 0.2) is 29.3 Å². The van der Waals surface area contributed by atoms with Crippen LogP contribution >= 0.6 is 11.8 Å². The molecule has 1 aliphatic heterocycles. The topological polar surface area (TPSA) is 41.5 Å². The number of benzene rings is 1. The molecule has 1 aromatic rings. The van der Waals surface area contributed by atoms with Crippen LogP contribution in [0.2, 0.25) is 0 Å². The molecule has 126 valence electrons. The van der Waals surface area contributed by atoms with Gasteiger partial charge in [-0.25, -0.2) is 0 Å². The Hall–Kier alpha value is -1.50. The highest BCUT2D eigenvalue weighted by Crippen LogP contribution is 2.40. The number of amides is 1. The minimum atomic E-state index is -4.43. The number of thioether (sulfide) groups is 1. The van der Waals surface area contributed by atoms with Crippen LogP contribution < -0.4 is 5.32 Å². The van der Waals surface area contributed by atoms with Gasteiger partial charge in [0.05, 0.1) is 11.6 Å². The number of nitrogens with zero attached hydrogens (tertiary/aromatic N) is 1. The molecule has 1 amide bonds. The fourth-order valence-corrected chi connectivity index (χ4v) is 3.43. The van der Waals surface area contributed by atoms with Gasteiger partial charge in [0.2, 0.25) is 5.91 Å². The van der Waals surface area contributed by atoms with Crippen LogP contribution in [-0.4, -0.2) is 15.8 Å². The number of hydrogen-bond donors (Lipinski definition) is 1. The van der Waals surface area contributed by atoms with Crippen molar-refractivity contribution in [1.29, 1.82) is 0 Å². The van der Waals surface area contributed by atoms with Crippen LogP contribution in [0.3, 0.4) is 0 Å². The SMILES string of the molecule is CC(C)C1(C)SC(=N[C@@H](C)c2ccccc2C(F)(F)F)NC1=O. The van der Waals surface area contributed by atoms with E-state index < -0.39 is 22.5 Å². The van der Waals surface area contributed by atoms with E-state index in [2.05, 4.69) is 10.3 Å². The molecule has 1 saturated heterocycles. The number of hydrogen-bond acceptors (Lipinski definition) is 3. The number of carbonyl (C=O) groups is 1. The third-order valence-electron chi connectivity index (χ3n) is 4.11. The van der Waals surface area contributed by atoms with Crippen LogP contribution in [0.5, 0.6) is 0 Å². The number of alkyl halides is 3. The van der Waals surface area contributed by atoms with E-state index >= 15 is 0 Å². The van der Waals surface area contributed by atoms with Crippen molar-refractivity contribution in [3.63, 3.8) is 0 Å². The molecule has 0 bridgehead atoms. The van der Waals surface area contributed by atoms with Crippen molar-refractivity contribution in [3.05, 3.63) is 35.4 Å². The molecule has 1 heterocycles. The van der Waals surface area contributed by atoms with Gasteiger partial charge in [0, 0.05) is 0 Å². The highest BCUT2D eigenvalue weighted by Gasteiger charge is 2.45. The van der Waals surface area contributed by atoms with Gasteiger partial charge in [0.25, 0.3) is 0 Å². The summed E-state index contributed by atoms with van der Waals surface area (Å²) in [5, 5.41) is 3.05. The van der Waals surface area contributed by atoms with Crippen LogP contribution in [0.4, 0.5) is 13.2 Å². The zero-order valence-corrected chi connectivity index (χ0v) is 14.2. The van der Waals surface area contributed by atoms with Crippen LogP contribution in [-0.2, 0) is 11.0 Å². The third kappa shape index (κ3) is 3.54. The zero-order valence-electron chi connectivity index (χ0n) is 13.4. The molecule has 0 spiro atoms. The largest absolute Gasteiger partial charge is 0.416 e. The Balaban J connectivity index is 2.31. The van der Waals surface area contributed by atoms with E-state index in [-0.39, 0.29) is 17.4 Å². The minimum absolute atomic E-state index is 0.0815. The van der Waals surface area contributed by atoms with E-state index in [1.54, 1.807) is 13.0 Å². The minimum Gasteiger partial charge on any atom is -0.304 e. The Morgan fingerprint density at radius 1 is 1.22 bits per heavy atom. The first-order valence-electron chi connectivity index (χ1n) is 7.30. The Kier molecular flexibility index (Phi) is 4.80. The molecule has 0 radical (unpaired) electrons. The molecule has 1 aromatic carbocycles. The van der Waals surface area contributed by atoms with Gasteiger partial charge >= 0.3 is 6.18 Å². The summed E-state index contributed by atoms with van der Waals surface area (Å²) in [6, 6.07) is 4.67. The van der Waals surface area contributed by atoms with Crippen molar-refractivity contribution in [2.45, 2.75) is 44.7 Å². The molecule has 1 unspecified atom stereocenters. The van der Waals surface area contributed by atoms with E-state index in [0.717, 1.165) is 6.07 Å². The van der Waals surface area contributed by atoms with Crippen molar-refractivity contribution < 1.29 is 18.0 Å². The Morgan fingerprint density at radius 3 is 2.35 bits per heavy atom. The molecule has 1 N–H and O–H groups in total. The van der Waals surface area contributed by atoms with Crippen LogP contribution in [0.1, 0.15) is 44.9 Å². The lowest BCUT2D eigenvalue weighted by Gasteiger charge is -2.22. The third-order valence-corrected chi connectivity index (χ3v) is 5.59. The number of carbonyl (C=O) groups excluding carboxylic acids is 1. The lowest BCUT2D eigenvalue weighted by atomic mass is 9.96. The van der Waals surface area contributed by atoms with E-state index in [0.29, 0.717) is 5.17 Å². The maximum atomic E-state index is 13.1. The lowest BCUT2D eigenvalue weighted by molar-refractivity contribution is -0.138. The lowest BCUT2D eigenvalue weighted by Crippen LogP contribution is -2.38. The van der Waals surface area contributed by atoms with Gasteiger partial charge in [-0.15, -0.1) is 0 Å². The summed E-state index contributed by atoms with van der Waals surface area (Å²) in [5.41, 5.74) is -0.599. The van der Waals surface area contributed by atoms with Gasteiger partial charge in [-0.3, -0.25) is 9.79 Å². The molecule has 1 fully saturated rings. The first-order valence-corrected chi connectivity index (χ1v) is 8.11. The second-order valence-electron chi connectivity index (χ2n) is 6.01. The molecule has 0 aromatic heterocycles. The summed E-state index contributed by atoms with van der Waals surface area (Å²) in [5.74, 6) is -0.0782. The van der Waals surface area contributed by atoms with Gasteiger partial charge < -0.3 is 5.32 Å². The summed E-state index contributed by atoms with van der Waals surface area (Å²) in [6.07, 6.45) is -4.43. The van der Waals surface area contributed by atoms with E-state index in [1.807, 2.05) is 20.8 Å². The number of amidine groups is 1. The van der Waals surface area contributed by atoms with Crippen LogP contribution in [0, 0.1) is 5.92 Å². The molecule has 7 heteroatoms. The summed E-state index contributed by atoms with van der Waals surface area (Å²) in [7, 11) is 0. The molecule has 1 aliphatic rings. The monoisotopic (exact) mass is 344 g/mol. The first-order chi connectivity index (χ1) is 10.6. The van der Waals surface area contributed by atoms with E-state index in [9.17, 15) is 18.0 Å². The Morgan fingerprint density at radius 2 is 1.83 bits per heavy atom. The normalized spacial score (nSPS) is 25.0. The summed E-state index contributed by atoms with van der Waals surface area (Å²) in [6.45, 7) is 7.26. The zero-order chi connectivity index (χ0) is 17.4. The number of nitrogens with one attached hydrogen (secondary N) is 1. The summed E-state index contributed by atoms with van der Waals surface area (Å²) >= 11 is 1.27. The first kappa shape index (κ1) is 17.8. The molecular formula is C16H19F3N2OS. The van der Waals surface area contributed by atoms with Gasteiger partial charge in [0.15, 0.2) is 5.17 Å². The van der Waals surface area contributed by atoms with Gasteiger partial charge in [0.1, 0.15) is 4.75 Å². The van der Waals surface area contributed by atoms with Crippen molar-refractivity contribution in [2.75, 3.05) is 0 Å². The maximum Gasteiger partial charge on any atom is 0.416 e. The molecular weight excluding hydrogens is 325 g/mol. The van der Waals surface area contributed by atoms with Crippen molar-refractivity contribution in [2.24, 2.45) is 10.9 Å². The Labute approximate surface area is 137 Å². The molecule has 3 nitrogen and oxygen atoms in total. The molecule has 2 atom stereocenters. The quantitative estimate of drug-likeness (QED) is 0.883. The van der Waals surface area contributed by atoms with Crippen molar-refractivity contribution >= 4 is 22.8 Å². The standard InChI is InChI=1S/C16H19F3N2OS/c1-9(2)15(4)13(22)21-14(23-15)20-10(3)11-7-5-6-8-12(11)16(17,18)19/h5-10H,1-4H3,(H,20,21,22)/t10-,15?/m0/s1. The fourth-order valence-electron chi connectivity index (χ4n) is 2.30. The number of rotatable bonds is 3. The van der Waals surface area contributed by atoms with Crippen molar-refractivity contribution in [1.82, 2.24) is 5.32 Å². The highest BCUT2D eigenvalue weighted by atomic mass is 32.2.